The quantitative estimate of drug-likeness (QED) is 0.488. The Hall–Kier alpha value is -3.29. The second kappa shape index (κ2) is 9.47. The van der Waals surface area contributed by atoms with Crippen LogP contribution in [-0.4, -0.2) is 16.1 Å². The first-order valence-corrected chi connectivity index (χ1v) is 9.50. The van der Waals surface area contributed by atoms with E-state index in [-0.39, 0.29) is 18.7 Å². The van der Waals surface area contributed by atoms with Crippen molar-refractivity contribution in [1.29, 1.82) is 0 Å². The van der Waals surface area contributed by atoms with Crippen LogP contribution in [0.5, 0.6) is 11.6 Å². The topological polar surface area (TPSA) is 56.3 Å². The molecule has 8 heteroatoms. The van der Waals surface area contributed by atoms with Gasteiger partial charge in [-0.2, -0.15) is 18.2 Å². The summed E-state index contributed by atoms with van der Waals surface area (Å²) < 4.78 is 51.0. The second-order valence-corrected chi connectivity index (χ2v) is 6.67. The van der Waals surface area contributed by atoms with E-state index in [1.54, 1.807) is 48.5 Å². The number of hydrogen-bond donors (Lipinski definition) is 1. The Labute approximate surface area is 172 Å². The van der Waals surface area contributed by atoms with Crippen LogP contribution in [-0.2, 0) is 12.8 Å². The summed E-state index contributed by atoms with van der Waals surface area (Å²) in [4.78, 5) is 7.72. The van der Waals surface area contributed by atoms with Crippen molar-refractivity contribution in [3.05, 3.63) is 71.9 Å². The number of rotatable bonds is 8. The van der Waals surface area contributed by atoms with E-state index in [1.807, 2.05) is 19.9 Å². The maximum Gasteiger partial charge on any atom is 0.423 e. The van der Waals surface area contributed by atoms with E-state index >= 15 is 0 Å². The van der Waals surface area contributed by atoms with Crippen LogP contribution in [0.15, 0.2) is 60.8 Å². The molecule has 30 heavy (non-hydrogen) atoms. The number of hydrogen-bond acceptors (Lipinski definition) is 5. The van der Waals surface area contributed by atoms with E-state index in [2.05, 4.69) is 15.3 Å². The van der Waals surface area contributed by atoms with Gasteiger partial charge in [0.05, 0.1) is 6.10 Å². The van der Waals surface area contributed by atoms with Gasteiger partial charge in [-0.1, -0.05) is 37.3 Å². The fraction of sp³-hybridized carbons (Fsp3) is 0.273. The molecule has 158 valence electrons. The molecule has 0 radical (unpaired) electrons. The number of anilines is 2. The monoisotopic (exact) mass is 417 g/mol. The zero-order valence-corrected chi connectivity index (χ0v) is 16.6. The zero-order chi connectivity index (χ0) is 21.6. The fourth-order valence-electron chi connectivity index (χ4n) is 2.52. The average molecular weight is 417 g/mol. The Balaban J connectivity index is 1.76. The van der Waals surface area contributed by atoms with E-state index in [4.69, 9.17) is 9.47 Å². The van der Waals surface area contributed by atoms with Gasteiger partial charge < -0.3 is 14.8 Å². The van der Waals surface area contributed by atoms with Gasteiger partial charge in [-0.3, -0.25) is 0 Å². The highest BCUT2D eigenvalue weighted by Crippen LogP contribution is 2.35. The minimum Gasteiger partial charge on any atom is -0.491 e. The smallest absolute Gasteiger partial charge is 0.423 e. The highest BCUT2D eigenvalue weighted by molar-refractivity contribution is 5.55. The number of ether oxygens (including phenoxy) is 2. The first kappa shape index (κ1) is 21.4. The molecule has 0 saturated heterocycles. The minimum absolute atomic E-state index is 0.00153. The molecule has 0 fully saturated rings. The van der Waals surface area contributed by atoms with Crippen molar-refractivity contribution >= 4 is 11.6 Å². The van der Waals surface area contributed by atoms with Gasteiger partial charge >= 0.3 is 6.18 Å². The predicted octanol–water partition coefficient (Wildman–Crippen LogP) is 6.00. The van der Waals surface area contributed by atoms with E-state index < -0.39 is 17.6 Å². The normalized spacial score (nSPS) is 12.3. The molecule has 3 aromatic rings. The third-order valence-electron chi connectivity index (χ3n) is 4.30. The number of nitrogens with one attached hydrogen (secondary N) is 1. The lowest BCUT2D eigenvalue weighted by Crippen LogP contribution is -2.12. The second-order valence-electron chi connectivity index (χ2n) is 6.67. The van der Waals surface area contributed by atoms with Gasteiger partial charge in [-0.05, 0) is 43.2 Å². The largest absolute Gasteiger partial charge is 0.491 e. The highest BCUT2D eigenvalue weighted by Gasteiger charge is 2.36. The van der Waals surface area contributed by atoms with Crippen LogP contribution in [0.2, 0.25) is 0 Å². The number of halogens is 3. The molecule has 2 aromatic carbocycles. The Kier molecular flexibility index (Phi) is 6.76. The SMILES string of the molecule is CCC(C)Oc1ccc(Nc2ncc(C(F)(F)F)c(OCc3ccccc3)n2)cc1. The van der Waals surface area contributed by atoms with Crippen molar-refractivity contribution in [3.8, 4) is 11.6 Å². The third kappa shape index (κ3) is 5.85. The summed E-state index contributed by atoms with van der Waals surface area (Å²) in [6.07, 6.45) is -2.94. The number of nitrogens with zero attached hydrogens (tertiary/aromatic N) is 2. The molecule has 0 spiro atoms. The molecule has 1 N–H and O–H groups in total. The summed E-state index contributed by atoms with van der Waals surface area (Å²) in [6, 6.07) is 15.9. The van der Waals surface area contributed by atoms with Gasteiger partial charge in [0.2, 0.25) is 11.8 Å². The maximum atomic E-state index is 13.3. The van der Waals surface area contributed by atoms with E-state index in [1.165, 1.54) is 0 Å². The molecule has 3 rings (SSSR count). The van der Waals surface area contributed by atoms with Crippen molar-refractivity contribution in [1.82, 2.24) is 9.97 Å². The first-order chi connectivity index (χ1) is 14.3. The molecule has 1 heterocycles. The van der Waals surface area contributed by atoms with Gasteiger partial charge in [0, 0.05) is 11.9 Å². The summed E-state index contributed by atoms with van der Waals surface area (Å²) in [5.41, 5.74) is 0.317. The molecule has 0 aliphatic carbocycles. The van der Waals surface area contributed by atoms with Crippen molar-refractivity contribution in [2.75, 3.05) is 5.32 Å². The van der Waals surface area contributed by atoms with Crippen LogP contribution < -0.4 is 14.8 Å². The molecule has 0 saturated carbocycles. The zero-order valence-electron chi connectivity index (χ0n) is 16.6. The predicted molar refractivity (Wildman–Crippen MR) is 108 cm³/mol. The molecule has 0 aliphatic rings. The highest BCUT2D eigenvalue weighted by atomic mass is 19.4. The standard InChI is InChI=1S/C22H22F3N3O2/c1-3-15(2)30-18-11-9-17(10-12-18)27-21-26-13-19(22(23,24)25)20(28-21)29-14-16-7-5-4-6-8-16/h4-13,15H,3,14H2,1-2H3,(H,26,27,28). The van der Waals surface area contributed by atoms with Gasteiger partial charge in [0.25, 0.3) is 0 Å². The van der Waals surface area contributed by atoms with E-state index in [9.17, 15) is 13.2 Å². The first-order valence-electron chi connectivity index (χ1n) is 9.50. The third-order valence-corrected chi connectivity index (χ3v) is 4.30. The maximum absolute atomic E-state index is 13.3. The fourth-order valence-corrected chi connectivity index (χ4v) is 2.52. The Morgan fingerprint density at radius 1 is 1.03 bits per heavy atom. The van der Waals surface area contributed by atoms with Crippen LogP contribution in [0, 0.1) is 0 Å². The van der Waals surface area contributed by atoms with Crippen LogP contribution in [0.4, 0.5) is 24.8 Å². The number of benzene rings is 2. The molecular formula is C22H22F3N3O2. The van der Waals surface area contributed by atoms with Gasteiger partial charge in [-0.25, -0.2) is 4.98 Å². The molecular weight excluding hydrogens is 395 g/mol. The lowest BCUT2D eigenvalue weighted by Gasteiger charge is -2.15. The summed E-state index contributed by atoms with van der Waals surface area (Å²) in [5, 5.41) is 2.89. The molecule has 0 bridgehead atoms. The summed E-state index contributed by atoms with van der Waals surface area (Å²) in [7, 11) is 0. The van der Waals surface area contributed by atoms with Crippen LogP contribution in [0.25, 0.3) is 0 Å². The van der Waals surface area contributed by atoms with Crippen molar-refractivity contribution in [2.45, 2.75) is 39.2 Å². The van der Waals surface area contributed by atoms with Crippen molar-refractivity contribution in [2.24, 2.45) is 0 Å². The van der Waals surface area contributed by atoms with Crippen LogP contribution in [0.1, 0.15) is 31.4 Å². The molecule has 1 aromatic heterocycles. The number of alkyl halides is 3. The summed E-state index contributed by atoms with van der Waals surface area (Å²) in [5.74, 6) is 0.178. The van der Waals surface area contributed by atoms with E-state index in [0.29, 0.717) is 11.4 Å². The minimum atomic E-state index is -4.63. The molecule has 1 atom stereocenters. The van der Waals surface area contributed by atoms with Crippen molar-refractivity contribution < 1.29 is 22.6 Å². The number of aromatic nitrogens is 2. The van der Waals surface area contributed by atoms with Gasteiger partial charge in [-0.15, -0.1) is 0 Å². The molecule has 5 nitrogen and oxygen atoms in total. The Bertz CT molecular complexity index is 948. The van der Waals surface area contributed by atoms with E-state index in [0.717, 1.165) is 18.2 Å². The molecule has 0 amide bonds. The van der Waals surface area contributed by atoms with Gasteiger partial charge in [0.15, 0.2) is 0 Å². The molecule has 1 unspecified atom stereocenters. The average Bonchev–Trinajstić information content (AvgIpc) is 2.73. The van der Waals surface area contributed by atoms with Gasteiger partial charge in [0.1, 0.15) is 17.9 Å². The van der Waals surface area contributed by atoms with Crippen molar-refractivity contribution in [3.63, 3.8) is 0 Å². The van der Waals surface area contributed by atoms with Crippen LogP contribution >= 0.6 is 0 Å². The Morgan fingerprint density at radius 3 is 2.37 bits per heavy atom. The summed E-state index contributed by atoms with van der Waals surface area (Å²) in [6.45, 7) is 3.96. The Morgan fingerprint density at radius 2 is 1.73 bits per heavy atom. The van der Waals surface area contributed by atoms with Crippen LogP contribution in [0.3, 0.4) is 0 Å². The lowest BCUT2D eigenvalue weighted by molar-refractivity contribution is -0.139. The lowest BCUT2D eigenvalue weighted by atomic mass is 10.2. The summed E-state index contributed by atoms with van der Waals surface area (Å²) >= 11 is 0. The molecule has 0 aliphatic heterocycles.